The van der Waals surface area contributed by atoms with Crippen molar-refractivity contribution < 1.29 is 14.7 Å². The normalized spacial score (nSPS) is 28.1. The molecular weight excluding hydrogens is 266 g/mol. The fraction of sp³-hybridized carbons (Fsp3) is 0.765. The van der Waals surface area contributed by atoms with Gasteiger partial charge in [0.2, 0.25) is 5.91 Å². The molecule has 0 radical (unpaired) electrons. The fourth-order valence-corrected chi connectivity index (χ4v) is 3.55. The lowest BCUT2D eigenvalue weighted by Crippen LogP contribution is -2.47. The molecule has 0 aliphatic heterocycles. The average molecular weight is 292 g/mol. The fourth-order valence-electron chi connectivity index (χ4n) is 3.55. The van der Waals surface area contributed by atoms with E-state index in [0.29, 0.717) is 12.8 Å². The number of hydrogen-bond donors (Lipinski definition) is 1. The van der Waals surface area contributed by atoms with Crippen molar-refractivity contribution >= 4 is 11.9 Å². The van der Waals surface area contributed by atoms with Gasteiger partial charge in [-0.2, -0.15) is 0 Å². The molecule has 1 fully saturated rings. The van der Waals surface area contributed by atoms with Crippen LogP contribution in [0.2, 0.25) is 0 Å². The molecule has 2 rings (SSSR count). The maximum Gasteiger partial charge on any atom is 0.224 e. The highest BCUT2D eigenvalue weighted by Gasteiger charge is 2.34. The van der Waals surface area contributed by atoms with Crippen LogP contribution in [0.15, 0.2) is 11.1 Å². The van der Waals surface area contributed by atoms with Crippen LogP contribution in [-0.2, 0) is 9.59 Å². The molecule has 0 aromatic carbocycles. The third kappa shape index (κ3) is 4.08. The molecule has 118 valence electrons. The second-order valence-electron chi connectivity index (χ2n) is 6.70. The molecule has 1 amide bonds. The number of carboxylic acids is 1. The number of carboxylic acid groups (broad SMARTS) is 1. The SMILES string of the molecule is CC1=C(C)C[C@@H](C(=O)[O-])[C@@H](C(=O)NC2CCCCCC2)C1. The van der Waals surface area contributed by atoms with Crippen molar-refractivity contribution in [1.29, 1.82) is 0 Å². The Bertz CT molecular complexity index is 433. The van der Waals surface area contributed by atoms with Gasteiger partial charge in [-0.15, -0.1) is 0 Å². The molecule has 4 heteroatoms. The number of rotatable bonds is 3. The standard InChI is InChI=1S/C17H27NO3/c1-11-9-14(15(17(20)21)10-12(11)2)16(19)18-13-7-5-3-4-6-8-13/h13-15H,3-10H2,1-2H3,(H,18,19)(H,20,21)/p-1/t14-,15+/m0/s1. The molecule has 2 aliphatic carbocycles. The number of allylic oxidation sites excluding steroid dienone is 2. The van der Waals surface area contributed by atoms with Crippen LogP contribution in [0.5, 0.6) is 0 Å². The maximum atomic E-state index is 12.5. The van der Waals surface area contributed by atoms with Gasteiger partial charge in [-0.1, -0.05) is 36.8 Å². The number of aliphatic carboxylic acids is 1. The van der Waals surface area contributed by atoms with E-state index in [4.69, 9.17) is 0 Å². The number of amides is 1. The Morgan fingerprint density at radius 3 is 2.00 bits per heavy atom. The third-order valence-corrected chi connectivity index (χ3v) is 5.11. The minimum atomic E-state index is -1.09. The Kier molecular flexibility index (Phi) is 5.43. The number of hydrogen-bond acceptors (Lipinski definition) is 3. The summed E-state index contributed by atoms with van der Waals surface area (Å²) in [7, 11) is 0. The summed E-state index contributed by atoms with van der Waals surface area (Å²) in [6.45, 7) is 3.94. The first-order valence-electron chi connectivity index (χ1n) is 8.15. The van der Waals surface area contributed by atoms with Crippen molar-refractivity contribution in [3.63, 3.8) is 0 Å². The van der Waals surface area contributed by atoms with E-state index in [2.05, 4.69) is 5.32 Å². The Balaban J connectivity index is 2.03. The number of carbonyl (C=O) groups is 2. The summed E-state index contributed by atoms with van der Waals surface area (Å²) in [4.78, 5) is 23.9. The molecule has 0 unspecified atom stereocenters. The Hall–Kier alpha value is -1.32. The average Bonchev–Trinajstić information content (AvgIpc) is 2.69. The molecule has 0 saturated heterocycles. The van der Waals surface area contributed by atoms with E-state index in [9.17, 15) is 14.7 Å². The second-order valence-corrected chi connectivity index (χ2v) is 6.70. The first-order chi connectivity index (χ1) is 9.99. The molecule has 4 nitrogen and oxygen atoms in total. The topological polar surface area (TPSA) is 69.2 Å². The van der Waals surface area contributed by atoms with Gasteiger partial charge in [0, 0.05) is 23.8 Å². The predicted octanol–water partition coefficient (Wildman–Crippen LogP) is 1.94. The zero-order chi connectivity index (χ0) is 15.4. The number of nitrogens with one attached hydrogen (secondary N) is 1. The first kappa shape index (κ1) is 16.1. The van der Waals surface area contributed by atoms with E-state index >= 15 is 0 Å². The summed E-state index contributed by atoms with van der Waals surface area (Å²) in [5, 5.41) is 14.5. The minimum Gasteiger partial charge on any atom is -0.550 e. The van der Waals surface area contributed by atoms with E-state index in [-0.39, 0.29) is 11.9 Å². The first-order valence-corrected chi connectivity index (χ1v) is 8.15. The third-order valence-electron chi connectivity index (χ3n) is 5.11. The Morgan fingerprint density at radius 1 is 0.952 bits per heavy atom. The summed E-state index contributed by atoms with van der Waals surface area (Å²) in [6.07, 6.45) is 7.79. The van der Waals surface area contributed by atoms with Crippen LogP contribution in [0, 0.1) is 11.8 Å². The molecule has 0 spiro atoms. The largest absolute Gasteiger partial charge is 0.550 e. The lowest BCUT2D eigenvalue weighted by molar-refractivity contribution is -0.313. The zero-order valence-electron chi connectivity index (χ0n) is 13.1. The Labute approximate surface area is 127 Å². The van der Waals surface area contributed by atoms with E-state index in [1.54, 1.807) is 0 Å². The van der Waals surface area contributed by atoms with Gasteiger partial charge in [0.05, 0.1) is 0 Å². The molecule has 1 N–H and O–H groups in total. The molecule has 1 saturated carbocycles. The zero-order valence-corrected chi connectivity index (χ0v) is 13.1. The van der Waals surface area contributed by atoms with Crippen LogP contribution in [0.25, 0.3) is 0 Å². The highest BCUT2D eigenvalue weighted by molar-refractivity contribution is 5.85. The molecule has 0 aromatic heterocycles. The van der Waals surface area contributed by atoms with Gasteiger partial charge in [0.25, 0.3) is 0 Å². The van der Waals surface area contributed by atoms with Gasteiger partial charge in [0.15, 0.2) is 0 Å². The summed E-state index contributed by atoms with van der Waals surface area (Å²) in [5.74, 6) is -2.34. The molecule has 0 heterocycles. The Morgan fingerprint density at radius 2 is 1.48 bits per heavy atom. The van der Waals surface area contributed by atoms with Crippen molar-refractivity contribution in [2.75, 3.05) is 0 Å². The van der Waals surface area contributed by atoms with E-state index in [0.717, 1.165) is 36.8 Å². The summed E-state index contributed by atoms with van der Waals surface area (Å²) in [5.41, 5.74) is 2.23. The summed E-state index contributed by atoms with van der Waals surface area (Å²) >= 11 is 0. The monoisotopic (exact) mass is 292 g/mol. The van der Waals surface area contributed by atoms with Gasteiger partial charge >= 0.3 is 0 Å². The van der Waals surface area contributed by atoms with Crippen molar-refractivity contribution in [2.45, 2.75) is 71.3 Å². The number of carbonyl (C=O) groups excluding carboxylic acids is 2. The smallest absolute Gasteiger partial charge is 0.224 e. The minimum absolute atomic E-state index is 0.0945. The highest BCUT2D eigenvalue weighted by atomic mass is 16.4. The van der Waals surface area contributed by atoms with Crippen molar-refractivity contribution in [2.24, 2.45) is 11.8 Å². The molecule has 2 atom stereocenters. The van der Waals surface area contributed by atoms with Gasteiger partial charge in [0.1, 0.15) is 0 Å². The van der Waals surface area contributed by atoms with Crippen LogP contribution in [-0.4, -0.2) is 17.9 Å². The van der Waals surface area contributed by atoms with Gasteiger partial charge in [-0.25, -0.2) is 0 Å². The van der Waals surface area contributed by atoms with Gasteiger partial charge in [-0.05, 0) is 39.5 Å². The highest BCUT2D eigenvalue weighted by Crippen LogP contribution is 2.34. The maximum absolute atomic E-state index is 12.5. The van der Waals surface area contributed by atoms with Crippen molar-refractivity contribution in [3.8, 4) is 0 Å². The van der Waals surface area contributed by atoms with E-state index in [1.165, 1.54) is 12.8 Å². The lowest BCUT2D eigenvalue weighted by Gasteiger charge is -2.33. The van der Waals surface area contributed by atoms with Gasteiger partial charge < -0.3 is 15.2 Å². The van der Waals surface area contributed by atoms with Crippen molar-refractivity contribution in [1.82, 2.24) is 5.32 Å². The van der Waals surface area contributed by atoms with Crippen LogP contribution in [0.3, 0.4) is 0 Å². The van der Waals surface area contributed by atoms with E-state index in [1.807, 2.05) is 13.8 Å². The molecule has 2 aliphatic rings. The molecule has 0 bridgehead atoms. The van der Waals surface area contributed by atoms with Crippen LogP contribution in [0.1, 0.15) is 65.2 Å². The molecule has 0 aromatic rings. The van der Waals surface area contributed by atoms with Crippen molar-refractivity contribution in [3.05, 3.63) is 11.1 Å². The van der Waals surface area contributed by atoms with Gasteiger partial charge in [-0.3, -0.25) is 4.79 Å². The predicted molar refractivity (Wildman–Crippen MR) is 79.2 cm³/mol. The molecule has 21 heavy (non-hydrogen) atoms. The van der Waals surface area contributed by atoms with Crippen LogP contribution < -0.4 is 10.4 Å². The van der Waals surface area contributed by atoms with E-state index < -0.39 is 17.8 Å². The summed E-state index contributed by atoms with van der Waals surface area (Å²) in [6, 6.07) is 0.217. The lowest BCUT2D eigenvalue weighted by atomic mass is 9.76. The quantitative estimate of drug-likeness (QED) is 0.638. The van der Waals surface area contributed by atoms with Crippen LogP contribution in [0.4, 0.5) is 0 Å². The summed E-state index contributed by atoms with van der Waals surface area (Å²) < 4.78 is 0. The second kappa shape index (κ2) is 7.10. The molecular formula is C17H26NO3-. The van der Waals surface area contributed by atoms with Crippen LogP contribution >= 0.6 is 0 Å².